The standard InChI is InChI=1S/C17H19NO6S/c1-17(2)22-10-12-16(23-17)13(9-21-12)24-25(19,20)14-7-3-5-11-6-4-8-18-15(11)14/h3-8,12-13,16H,9-10H2,1-2H3/t12-,13+,16+/m0/s1. The summed E-state index contributed by atoms with van der Waals surface area (Å²) in [5, 5.41) is 0.733. The van der Waals surface area contributed by atoms with Crippen molar-refractivity contribution in [3.05, 3.63) is 36.5 Å². The number of aromatic nitrogens is 1. The van der Waals surface area contributed by atoms with Crippen LogP contribution in [0.3, 0.4) is 0 Å². The van der Waals surface area contributed by atoms with Gasteiger partial charge in [-0.2, -0.15) is 8.42 Å². The van der Waals surface area contributed by atoms with E-state index in [9.17, 15) is 8.42 Å². The van der Waals surface area contributed by atoms with E-state index in [1.165, 1.54) is 6.07 Å². The molecule has 0 radical (unpaired) electrons. The molecule has 1 aromatic heterocycles. The average Bonchev–Trinajstić information content (AvgIpc) is 2.94. The highest BCUT2D eigenvalue weighted by Gasteiger charge is 2.48. The number of pyridine rings is 1. The van der Waals surface area contributed by atoms with E-state index >= 15 is 0 Å². The molecule has 25 heavy (non-hydrogen) atoms. The van der Waals surface area contributed by atoms with Crippen LogP contribution in [0.5, 0.6) is 0 Å². The smallest absolute Gasteiger partial charge is 0.299 e. The Labute approximate surface area is 146 Å². The lowest BCUT2D eigenvalue weighted by atomic mass is 10.1. The van der Waals surface area contributed by atoms with Crippen molar-refractivity contribution in [1.29, 1.82) is 0 Å². The Morgan fingerprint density at radius 2 is 2.00 bits per heavy atom. The molecule has 2 fully saturated rings. The lowest BCUT2D eigenvalue weighted by molar-refractivity contribution is -0.298. The second-order valence-electron chi connectivity index (χ2n) is 6.59. The molecule has 134 valence electrons. The molecule has 0 amide bonds. The van der Waals surface area contributed by atoms with Gasteiger partial charge in [0.05, 0.1) is 18.7 Å². The van der Waals surface area contributed by atoms with Crippen LogP contribution in [0, 0.1) is 0 Å². The van der Waals surface area contributed by atoms with Gasteiger partial charge in [-0.1, -0.05) is 18.2 Å². The second-order valence-corrected chi connectivity index (χ2v) is 8.13. The Bertz CT molecular complexity index is 892. The van der Waals surface area contributed by atoms with Gasteiger partial charge in [-0.15, -0.1) is 0 Å². The van der Waals surface area contributed by atoms with E-state index < -0.39 is 28.1 Å². The average molecular weight is 365 g/mol. The van der Waals surface area contributed by atoms with Crippen LogP contribution >= 0.6 is 0 Å². The first kappa shape index (κ1) is 16.9. The van der Waals surface area contributed by atoms with Crippen molar-refractivity contribution in [1.82, 2.24) is 4.98 Å². The Kier molecular flexibility index (Phi) is 4.04. The molecule has 2 saturated heterocycles. The molecule has 0 unspecified atom stereocenters. The molecule has 1 aromatic carbocycles. The molecule has 4 rings (SSSR count). The maximum atomic E-state index is 12.8. The minimum atomic E-state index is -4.02. The zero-order valence-electron chi connectivity index (χ0n) is 13.9. The fourth-order valence-electron chi connectivity index (χ4n) is 3.16. The Morgan fingerprint density at radius 1 is 1.20 bits per heavy atom. The molecular weight excluding hydrogens is 346 g/mol. The van der Waals surface area contributed by atoms with Gasteiger partial charge in [0.1, 0.15) is 23.2 Å². The summed E-state index contributed by atoms with van der Waals surface area (Å²) in [7, 11) is -4.02. The van der Waals surface area contributed by atoms with E-state index in [2.05, 4.69) is 4.98 Å². The predicted molar refractivity (Wildman–Crippen MR) is 88.4 cm³/mol. The first-order valence-corrected chi connectivity index (χ1v) is 9.47. The third-order valence-corrected chi connectivity index (χ3v) is 5.71. The summed E-state index contributed by atoms with van der Waals surface area (Å²) < 4.78 is 48.1. The predicted octanol–water partition coefficient (Wildman–Crippen LogP) is 1.86. The summed E-state index contributed by atoms with van der Waals surface area (Å²) in [5.74, 6) is -0.804. The number of hydrogen-bond acceptors (Lipinski definition) is 7. The first-order chi connectivity index (χ1) is 11.9. The van der Waals surface area contributed by atoms with Gasteiger partial charge < -0.3 is 14.2 Å². The molecule has 0 bridgehead atoms. The molecule has 0 N–H and O–H groups in total. The van der Waals surface area contributed by atoms with Crippen LogP contribution in [0.25, 0.3) is 10.9 Å². The third-order valence-electron chi connectivity index (χ3n) is 4.34. The number of para-hydroxylation sites is 1. The molecule has 2 aliphatic rings. The lowest BCUT2D eigenvalue weighted by Gasteiger charge is -2.38. The van der Waals surface area contributed by atoms with Crippen molar-refractivity contribution >= 4 is 21.0 Å². The fourth-order valence-corrected chi connectivity index (χ4v) is 4.41. The van der Waals surface area contributed by atoms with Gasteiger partial charge in [-0.05, 0) is 26.0 Å². The van der Waals surface area contributed by atoms with Crippen molar-refractivity contribution < 1.29 is 26.8 Å². The van der Waals surface area contributed by atoms with Crippen LogP contribution < -0.4 is 0 Å². The Morgan fingerprint density at radius 3 is 2.84 bits per heavy atom. The van der Waals surface area contributed by atoms with Gasteiger partial charge in [0.15, 0.2) is 5.79 Å². The highest BCUT2D eigenvalue weighted by Crippen LogP contribution is 2.33. The number of fused-ring (bicyclic) bond motifs is 2. The van der Waals surface area contributed by atoms with Crippen molar-refractivity contribution in [3.63, 3.8) is 0 Å². The van der Waals surface area contributed by atoms with E-state index in [4.69, 9.17) is 18.4 Å². The summed E-state index contributed by atoms with van der Waals surface area (Å²) in [4.78, 5) is 4.23. The molecule has 3 atom stereocenters. The van der Waals surface area contributed by atoms with Crippen LogP contribution in [0.15, 0.2) is 41.4 Å². The van der Waals surface area contributed by atoms with Crippen molar-refractivity contribution in [2.45, 2.75) is 42.8 Å². The number of benzene rings is 1. The Hall–Kier alpha value is -1.58. The number of nitrogens with zero attached hydrogens (tertiary/aromatic N) is 1. The number of hydrogen-bond donors (Lipinski definition) is 0. The molecule has 0 aliphatic carbocycles. The number of ether oxygens (including phenoxy) is 3. The molecule has 7 nitrogen and oxygen atoms in total. The highest BCUT2D eigenvalue weighted by atomic mass is 32.2. The Balaban J connectivity index is 1.63. The normalized spacial score (nSPS) is 28.8. The number of rotatable bonds is 3. The van der Waals surface area contributed by atoms with E-state index in [1.807, 2.05) is 0 Å². The fraction of sp³-hybridized carbons (Fsp3) is 0.471. The second kappa shape index (κ2) is 6.00. The lowest BCUT2D eigenvalue weighted by Crippen LogP contribution is -2.50. The maximum Gasteiger partial charge on any atom is 0.299 e. The summed E-state index contributed by atoms with van der Waals surface area (Å²) >= 11 is 0. The molecule has 0 spiro atoms. The van der Waals surface area contributed by atoms with Crippen LogP contribution in [0.4, 0.5) is 0 Å². The summed E-state index contributed by atoms with van der Waals surface area (Å²) in [6, 6.07) is 8.53. The van der Waals surface area contributed by atoms with Crippen LogP contribution in [-0.4, -0.2) is 50.7 Å². The minimum Gasteiger partial charge on any atom is -0.370 e. The summed E-state index contributed by atoms with van der Waals surface area (Å²) in [6.45, 7) is 4.03. The molecule has 3 heterocycles. The molecule has 0 saturated carbocycles. The van der Waals surface area contributed by atoms with Crippen LogP contribution in [0.1, 0.15) is 13.8 Å². The van der Waals surface area contributed by atoms with E-state index in [0.717, 1.165) is 5.39 Å². The zero-order valence-corrected chi connectivity index (χ0v) is 14.7. The van der Waals surface area contributed by atoms with Crippen molar-refractivity contribution in [2.75, 3.05) is 13.2 Å². The third kappa shape index (κ3) is 3.16. The van der Waals surface area contributed by atoms with Crippen LogP contribution in [-0.2, 0) is 28.5 Å². The summed E-state index contributed by atoms with van der Waals surface area (Å²) in [6.07, 6.45) is -0.00217. The SMILES string of the molecule is CC1(C)OC[C@@H]2OC[C@@H](OS(=O)(=O)c3cccc4cccnc34)[C@@H]2O1. The monoisotopic (exact) mass is 365 g/mol. The maximum absolute atomic E-state index is 12.8. The molecule has 2 aromatic rings. The minimum absolute atomic E-state index is 0.0420. The van der Waals surface area contributed by atoms with Crippen molar-refractivity contribution in [2.24, 2.45) is 0 Å². The first-order valence-electron chi connectivity index (χ1n) is 8.06. The molecular formula is C17H19NO6S. The quantitative estimate of drug-likeness (QED) is 0.768. The van der Waals surface area contributed by atoms with Gasteiger partial charge >= 0.3 is 0 Å². The van der Waals surface area contributed by atoms with Gasteiger partial charge in [0, 0.05) is 11.6 Å². The van der Waals surface area contributed by atoms with Crippen LogP contribution in [0.2, 0.25) is 0 Å². The summed E-state index contributed by atoms with van der Waals surface area (Å²) in [5.41, 5.74) is 0.383. The largest absolute Gasteiger partial charge is 0.370 e. The van der Waals surface area contributed by atoms with Gasteiger partial charge in [0.25, 0.3) is 10.1 Å². The zero-order chi connectivity index (χ0) is 17.7. The highest BCUT2D eigenvalue weighted by molar-refractivity contribution is 7.87. The van der Waals surface area contributed by atoms with E-state index in [1.54, 1.807) is 44.3 Å². The molecule has 8 heteroatoms. The van der Waals surface area contributed by atoms with Gasteiger partial charge in [0.2, 0.25) is 0 Å². The van der Waals surface area contributed by atoms with E-state index in [0.29, 0.717) is 12.1 Å². The van der Waals surface area contributed by atoms with Gasteiger partial charge in [-0.3, -0.25) is 9.17 Å². The topological polar surface area (TPSA) is 84.0 Å². The molecule has 2 aliphatic heterocycles. The van der Waals surface area contributed by atoms with Gasteiger partial charge in [-0.25, -0.2) is 0 Å². The van der Waals surface area contributed by atoms with Crippen molar-refractivity contribution in [3.8, 4) is 0 Å². The van der Waals surface area contributed by atoms with E-state index in [-0.39, 0.29) is 17.6 Å².